The second kappa shape index (κ2) is 5.45. The number of hydrogen-bond donors (Lipinski definition) is 1. The first-order chi connectivity index (χ1) is 9.06. The second-order valence-corrected chi connectivity index (χ2v) is 4.81. The molecule has 0 bridgehead atoms. The summed E-state index contributed by atoms with van der Waals surface area (Å²) >= 11 is 0. The monoisotopic (exact) mass is 259 g/mol. The molecule has 0 unspecified atom stereocenters. The maximum Gasteiger partial charge on any atom is 0.122 e. The van der Waals surface area contributed by atoms with Gasteiger partial charge >= 0.3 is 0 Å². The predicted molar refractivity (Wildman–Crippen MR) is 77.4 cm³/mol. The van der Waals surface area contributed by atoms with Crippen LogP contribution in [0.4, 0.5) is 0 Å². The highest BCUT2D eigenvalue weighted by Gasteiger charge is 2.11. The highest BCUT2D eigenvalue weighted by atomic mass is 16.5. The van der Waals surface area contributed by atoms with Crippen molar-refractivity contribution in [3.8, 4) is 17.0 Å². The Hall–Kier alpha value is -1.81. The molecule has 0 spiro atoms. The molecule has 102 valence electrons. The maximum atomic E-state index is 5.35. The SMILES string of the molecule is CNCc1cc(-c2cc(C)c(OC)cc2C)nn1C. The van der Waals surface area contributed by atoms with E-state index in [9.17, 15) is 0 Å². The van der Waals surface area contributed by atoms with E-state index < -0.39 is 0 Å². The van der Waals surface area contributed by atoms with Crippen molar-refractivity contribution >= 4 is 0 Å². The second-order valence-electron chi connectivity index (χ2n) is 4.81. The Morgan fingerprint density at radius 2 is 1.95 bits per heavy atom. The molecule has 0 radical (unpaired) electrons. The van der Waals surface area contributed by atoms with Gasteiger partial charge in [-0.05, 0) is 50.2 Å². The quantitative estimate of drug-likeness (QED) is 0.916. The first-order valence-corrected chi connectivity index (χ1v) is 6.40. The van der Waals surface area contributed by atoms with Gasteiger partial charge in [0.1, 0.15) is 5.75 Å². The fraction of sp³-hybridized carbons (Fsp3) is 0.400. The number of hydrogen-bond acceptors (Lipinski definition) is 3. The van der Waals surface area contributed by atoms with Gasteiger partial charge in [0.2, 0.25) is 0 Å². The van der Waals surface area contributed by atoms with E-state index in [1.165, 1.54) is 11.3 Å². The van der Waals surface area contributed by atoms with E-state index in [2.05, 4.69) is 42.5 Å². The molecule has 0 atom stereocenters. The number of rotatable bonds is 4. The Labute approximate surface area is 114 Å². The van der Waals surface area contributed by atoms with Crippen LogP contribution in [-0.2, 0) is 13.6 Å². The summed E-state index contributed by atoms with van der Waals surface area (Å²) in [6.45, 7) is 4.96. The summed E-state index contributed by atoms with van der Waals surface area (Å²) < 4.78 is 7.27. The molecule has 0 aliphatic carbocycles. The van der Waals surface area contributed by atoms with Crippen LogP contribution in [0, 0.1) is 13.8 Å². The van der Waals surface area contributed by atoms with Gasteiger partial charge in [0, 0.05) is 19.2 Å². The molecule has 19 heavy (non-hydrogen) atoms. The maximum absolute atomic E-state index is 5.35. The van der Waals surface area contributed by atoms with Gasteiger partial charge in [-0.25, -0.2) is 0 Å². The van der Waals surface area contributed by atoms with Crippen molar-refractivity contribution in [1.82, 2.24) is 15.1 Å². The third kappa shape index (κ3) is 2.63. The van der Waals surface area contributed by atoms with E-state index in [1.807, 2.05) is 18.8 Å². The largest absolute Gasteiger partial charge is 0.496 e. The average molecular weight is 259 g/mol. The lowest BCUT2D eigenvalue weighted by atomic mass is 10.0. The molecule has 0 aliphatic heterocycles. The third-order valence-corrected chi connectivity index (χ3v) is 3.35. The summed E-state index contributed by atoms with van der Waals surface area (Å²) in [5.41, 5.74) is 5.65. The molecule has 1 N–H and O–H groups in total. The molecule has 2 rings (SSSR count). The van der Waals surface area contributed by atoms with Crippen LogP contribution in [0.3, 0.4) is 0 Å². The van der Waals surface area contributed by atoms with E-state index in [0.29, 0.717) is 0 Å². The van der Waals surface area contributed by atoms with Crippen LogP contribution in [0.25, 0.3) is 11.3 Å². The first-order valence-electron chi connectivity index (χ1n) is 6.40. The molecular formula is C15H21N3O. The van der Waals surface area contributed by atoms with Crippen LogP contribution >= 0.6 is 0 Å². The van der Waals surface area contributed by atoms with Crippen LogP contribution in [0.5, 0.6) is 5.75 Å². The molecule has 1 aromatic carbocycles. The minimum Gasteiger partial charge on any atom is -0.496 e. The Bertz CT molecular complexity index is 587. The van der Waals surface area contributed by atoms with Gasteiger partial charge in [-0.2, -0.15) is 5.10 Å². The van der Waals surface area contributed by atoms with Gasteiger partial charge in [-0.1, -0.05) is 0 Å². The number of nitrogens with zero attached hydrogens (tertiary/aromatic N) is 2. The summed E-state index contributed by atoms with van der Waals surface area (Å²) in [7, 11) is 5.62. The Kier molecular flexibility index (Phi) is 3.90. The van der Waals surface area contributed by atoms with Crippen molar-refractivity contribution in [3.05, 3.63) is 35.0 Å². The van der Waals surface area contributed by atoms with Crippen molar-refractivity contribution in [1.29, 1.82) is 0 Å². The van der Waals surface area contributed by atoms with E-state index >= 15 is 0 Å². The molecule has 1 heterocycles. The summed E-state index contributed by atoms with van der Waals surface area (Å²) in [5, 5.41) is 7.75. The lowest BCUT2D eigenvalue weighted by Crippen LogP contribution is -2.09. The zero-order chi connectivity index (χ0) is 14.0. The lowest BCUT2D eigenvalue weighted by Gasteiger charge is -2.09. The molecule has 1 aromatic heterocycles. The number of aromatic nitrogens is 2. The topological polar surface area (TPSA) is 39.1 Å². The van der Waals surface area contributed by atoms with Gasteiger partial charge < -0.3 is 10.1 Å². The highest BCUT2D eigenvalue weighted by Crippen LogP contribution is 2.29. The summed E-state index contributed by atoms with van der Waals surface area (Å²) in [6, 6.07) is 6.33. The number of ether oxygens (including phenoxy) is 1. The van der Waals surface area contributed by atoms with Gasteiger partial charge in [-0.15, -0.1) is 0 Å². The number of methoxy groups -OCH3 is 1. The molecule has 0 saturated carbocycles. The third-order valence-electron chi connectivity index (χ3n) is 3.35. The minimum atomic E-state index is 0.817. The first kappa shape index (κ1) is 13.6. The van der Waals surface area contributed by atoms with Crippen molar-refractivity contribution in [2.24, 2.45) is 7.05 Å². The molecule has 0 amide bonds. The molecule has 0 aliphatic rings. The van der Waals surface area contributed by atoms with Crippen LogP contribution in [0.15, 0.2) is 18.2 Å². The minimum absolute atomic E-state index is 0.817. The number of aryl methyl sites for hydroxylation is 3. The van der Waals surface area contributed by atoms with Crippen molar-refractivity contribution < 1.29 is 4.74 Å². The molecule has 4 heteroatoms. The number of benzene rings is 1. The Morgan fingerprint density at radius 1 is 1.21 bits per heavy atom. The zero-order valence-electron chi connectivity index (χ0n) is 12.2. The van der Waals surface area contributed by atoms with E-state index in [4.69, 9.17) is 4.74 Å². The molecular weight excluding hydrogens is 238 g/mol. The highest BCUT2D eigenvalue weighted by molar-refractivity contribution is 5.66. The van der Waals surface area contributed by atoms with E-state index in [0.717, 1.165) is 29.1 Å². The standard InChI is InChI=1S/C15H21N3O/c1-10-7-15(19-5)11(2)6-13(10)14-8-12(9-16-3)18(4)17-14/h6-8,16H,9H2,1-5H3. The predicted octanol–water partition coefficient (Wildman–Crippen LogP) is 2.43. The summed E-state index contributed by atoms with van der Waals surface area (Å²) in [5.74, 6) is 0.924. The smallest absolute Gasteiger partial charge is 0.122 e. The lowest BCUT2D eigenvalue weighted by molar-refractivity contribution is 0.411. The Morgan fingerprint density at radius 3 is 2.58 bits per heavy atom. The summed E-state index contributed by atoms with van der Waals surface area (Å²) in [4.78, 5) is 0. The molecule has 2 aromatic rings. The van der Waals surface area contributed by atoms with Gasteiger partial charge in [0.25, 0.3) is 0 Å². The fourth-order valence-corrected chi connectivity index (χ4v) is 2.27. The van der Waals surface area contributed by atoms with E-state index in [1.54, 1.807) is 7.11 Å². The van der Waals surface area contributed by atoms with Gasteiger partial charge in [0.05, 0.1) is 18.5 Å². The molecule has 0 fully saturated rings. The number of nitrogens with one attached hydrogen (secondary N) is 1. The van der Waals surface area contributed by atoms with Crippen LogP contribution in [0.1, 0.15) is 16.8 Å². The molecule has 0 saturated heterocycles. The van der Waals surface area contributed by atoms with Gasteiger partial charge in [0.15, 0.2) is 0 Å². The normalized spacial score (nSPS) is 10.8. The zero-order valence-corrected chi connectivity index (χ0v) is 12.2. The average Bonchev–Trinajstić information content (AvgIpc) is 2.73. The van der Waals surface area contributed by atoms with Crippen LogP contribution in [0.2, 0.25) is 0 Å². The fourth-order valence-electron chi connectivity index (χ4n) is 2.27. The van der Waals surface area contributed by atoms with Gasteiger partial charge in [-0.3, -0.25) is 4.68 Å². The Balaban J connectivity index is 2.47. The van der Waals surface area contributed by atoms with Crippen LogP contribution < -0.4 is 10.1 Å². The van der Waals surface area contributed by atoms with Crippen LogP contribution in [-0.4, -0.2) is 23.9 Å². The van der Waals surface area contributed by atoms with E-state index in [-0.39, 0.29) is 0 Å². The van der Waals surface area contributed by atoms with Crippen molar-refractivity contribution in [2.75, 3.05) is 14.2 Å². The van der Waals surface area contributed by atoms with Crippen molar-refractivity contribution in [3.63, 3.8) is 0 Å². The molecule has 4 nitrogen and oxygen atoms in total. The summed E-state index contributed by atoms with van der Waals surface area (Å²) in [6.07, 6.45) is 0. The van der Waals surface area contributed by atoms with Crippen molar-refractivity contribution in [2.45, 2.75) is 20.4 Å².